The Bertz CT molecular complexity index is 481. The number of aromatic amines is 1. The number of imidazole rings is 1. The zero-order valence-corrected chi connectivity index (χ0v) is 10.9. The summed E-state index contributed by atoms with van der Waals surface area (Å²) in [6.45, 7) is 3.98. The third-order valence-electron chi connectivity index (χ3n) is 3.52. The molecule has 17 heavy (non-hydrogen) atoms. The molecule has 2 atom stereocenters. The molecule has 0 spiro atoms. The van der Waals surface area contributed by atoms with Gasteiger partial charge in [0.05, 0.1) is 18.6 Å². The van der Waals surface area contributed by atoms with E-state index in [-0.39, 0.29) is 22.6 Å². The van der Waals surface area contributed by atoms with E-state index in [1.807, 2.05) is 13.8 Å². The first-order valence-corrected chi connectivity index (χ1v) is 6.89. The van der Waals surface area contributed by atoms with Gasteiger partial charge in [-0.2, -0.15) is 0 Å². The highest BCUT2D eigenvalue weighted by Gasteiger charge is 2.50. The highest BCUT2D eigenvalue weighted by molar-refractivity contribution is 7.89. The van der Waals surface area contributed by atoms with Crippen LogP contribution in [0.5, 0.6) is 0 Å². The molecule has 96 valence electrons. The summed E-state index contributed by atoms with van der Waals surface area (Å²) in [7, 11) is -1.86. The van der Waals surface area contributed by atoms with Gasteiger partial charge in [0.2, 0.25) is 0 Å². The highest BCUT2D eigenvalue weighted by Crippen LogP contribution is 2.42. The average molecular weight is 259 g/mol. The molecule has 1 saturated carbocycles. The van der Waals surface area contributed by atoms with Gasteiger partial charge in [-0.05, 0) is 6.42 Å². The molecule has 1 aromatic heterocycles. The molecule has 6 nitrogen and oxygen atoms in total. The van der Waals surface area contributed by atoms with Crippen molar-refractivity contribution in [3.8, 4) is 0 Å². The van der Waals surface area contributed by atoms with E-state index >= 15 is 0 Å². The fourth-order valence-corrected chi connectivity index (χ4v) is 3.44. The minimum Gasteiger partial charge on any atom is -0.381 e. The monoisotopic (exact) mass is 259 g/mol. The molecule has 7 heteroatoms. The first kappa shape index (κ1) is 12.5. The van der Waals surface area contributed by atoms with Gasteiger partial charge < -0.3 is 9.72 Å². The van der Waals surface area contributed by atoms with Crippen LogP contribution in [-0.2, 0) is 14.8 Å². The SMILES string of the molecule is COC1CC(NS(=O)(=O)c2cnc[nH]2)C1(C)C. The van der Waals surface area contributed by atoms with Crippen molar-refractivity contribution in [2.45, 2.75) is 37.4 Å². The molecule has 2 unspecified atom stereocenters. The Morgan fingerprint density at radius 3 is 2.76 bits per heavy atom. The van der Waals surface area contributed by atoms with Crippen LogP contribution >= 0.6 is 0 Å². The molecule has 1 fully saturated rings. The molecular weight excluding hydrogens is 242 g/mol. The van der Waals surface area contributed by atoms with Crippen molar-refractivity contribution in [3.63, 3.8) is 0 Å². The van der Waals surface area contributed by atoms with E-state index < -0.39 is 10.0 Å². The second kappa shape index (κ2) is 4.08. The lowest BCUT2D eigenvalue weighted by molar-refractivity contribution is -0.0908. The fourth-order valence-electron chi connectivity index (χ4n) is 2.13. The number of methoxy groups -OCH3 is 1. The van der Waals surface area contributed by atoms with Gasteiger partial charge in [-0.1, -0.05) is 13.8 Å². The lowest BCUT2D eigenvalue weighted by atomic mass is 9.65. The third kappa shape index (κ3) is 2.10. The molecule has 0 aliphatic heterocycles. The van der Waals surface area contributed by atoms with Crippen molar-refractivity contribution in [2.75, 3.05) is 7.11 Å². The van der Waals surface area contributed by atoms with Crippen LogP contribution in [0, 0.1) is 5.41 Å². The summed E-state index contributed by atoms with van der Waals surface area (Å²) in [5.41, 5.74) is -0.193. The number of hydrogen-bond acceptors (Lipinski definition) is 4. The van der Waals surface area contributed by atoms with Crippen molar-refractivity contribution in [1.82, 2.24) is 14.7 Å². The van der Waals surface area contributed by atoms with Gasteiger partial charge in [-0.3, -0.25) is 0 Å². The molecule has 1 aliphatic carbocycles. The van der Waals surface area contributed by atoms with Crippen molar-refractivity contribution in [2.24, 2.45) is 5.41 Å². The quantitative estimate of drug-likeness (QED) is 0.824. The first-order valence-electron chi connectivity index (χ1n) is 5.41. The molecule has 1 aromatic rings. The average Bonchev–Trinajstić information content (AvgIpc) is 2.77. The van der Waals surface area contributed by atoms with Crippen LogP contribution in [-0.4, -0.2) is 37.6 Å². The fraction of sp³-hybridized carbons (Fsp3) is 0.700. The van der Waals surface area contributed by atoms with Crippen LogP contribution in [0.15, 0.2) is 17.6 Å². The second-order valence-corrected chi connectivity index (χ2v) is 6.55. The Hall–Kier alpha value is -0.920. The number of hydrogen-bond donors (Lipinski definition) is 2. The summed E-state index contributed by atoms with van der Waals surface area (Å²) < 4.78 is 31.9. The van der Waals surface area contributed by atoms with Gasteiger partial charge >= 0.3 is 0 Å². The maximum Gasteiger partial charge on any atom is 0.257 e. The van der Waals surface area contributed by atoms with Crippen LogP contribution in [0.1, 0.15) is 20.3 Å². The largest absolute Gasteiger partial charge is 0.381 e. The van der Waals surface area contributed by atoms with E-state index in [2.05, 4.69) is 14.7 Å². The Kier molecular flexibility index (Phi) is 3.01. The lowest BCUT2D eigenvalue weighted by Gasteiger charge is -2.50. The predicted molar refractivity (Wildman–Crippen MR) is 61.9 cm³/mol. The summed E-state index contributed by atoms with van der Waals surface area (Å²) in [6.07, 6.45) is 3.42. The van der Waals surface area contributed by atoms with Gasteiger partial charge in [0.1, 0.15) is 0 Å². The van der Waals surface area contributed by atoms with Crippen molar-refractivity contribution in [3.05, 3.63) is 12.5 Å². The molecule has 1 heterocycles. The predicted octanol–water partition coefficient (Wildman–Crippen LogP) is 0.501. The van der Waals surface area contributed by atoms with Gasteiger partial charge in [-0.15, -0.1) is 0 Å². The Morgan fingerprint density at radius 2 is 2.29 bits per heavy atom. The number of ether oxygens (including phenoxy) is 1. The number of H-pyrrole nitrogens is 1. The van der Waals surface area contributed by atoms with Crippen LogP contribution < -0.4 is 4.72 Å². The topological polar surface area (TPSA) is 84.1 Å². The van der Waals surface area contributed by atoms with Gasteiger partial charge in [0.15, 0.2) is 5.03 Å². The molecule has 1 aliphatic rings. The smallest absolute Gasteiger partial charge is 0.257 e. The normalized spacial score (nSPS) is 27.7. The number of rotatable bonds is 4. The molecule has 0 bridgehead atoms. The van der Waals surface area contributed by atoms with E-state index in [0.717, 1.165) is 0 Å². The number of nitrogens with zero attached hydrogens (tertiary/aromatic N) is 1. The first-order chi connectivity index (χ1) is 7.88. The van der Waals surface area contributed by atoms with Crippen molar-refractivity contribution in [1.29, 1.82) is 0 Å². The van der Waals surface area contributed by atoms with Gasteiger partial charge in [0.25, 0.3) is 10.0 Å². The van der Waals surface area contributed by atoms with Crippen molar-refractivity contribution >= 4 is 10.0 Å². The standard InChI is InChI=1S/C10H17N3O3S/c1-10(2)7(4-8(10)16-3)13-17(14,15)9-5-11-6-12-9/h5-8,13H,4H2,1-3H3,(H,11,12). The van der Waals surface area contributed by atoms with Crippen LogP contribution in [0.2, 0.25) is 0 Å². The summed E-state index contributed by atoms with van der Waals surface area (Å²) in [5, 5.41) is 0.0918. The summed E-state index contributed by atoms with van der Waals surface area (Å²) in [4.78, 5) is 6.30. The van der Waals surface area contributed by atoms with Crippen molar-refractivity contribution < 1.29 is 13.2 Å². The van der Waals surface area contributed by atoms with Crippen LogP contribution in [0.4, 0.5) is 0 Å². The second-order valence-electron chi connectivity index (χ2n) is 4.87. The molecule has 0 saturated heterocycles. The van der Waals surface area contributed by atoms with Crippen LogP contribution in [0.3, 0.4) is 0 Å². The lowest BCUT2D eigenvalue weighted by Crippen LogP contribution is -2.61. The van der Waals surface area contributed by atoms with E-state index in [4.69, 9.17) is 4.74 Å². The maximum atomic E-state index is 12.0. The molecule has 0 radical (unpaired) electrons. The van der Waals surface area contributed by atoms with Crippen LogP contribution in [0.25, 0.3) is 0 Å². The molecule has 2 N–H and O–H groups in total. The molecule has 0 amide bonds. The molecule has 0 aromatic carbocycles. The van der Waals surface area contributed by atoms with E-state index in [1.54, 1.807) is 7.11 Å². The minimum atomic E-state index is -3.50. The van der Waals surface area contributed by atoms with E-state index in [1.165, 1.54) is 12.5 Å². The Balaban J connectivity index is 2.09. The zero-order chi connectivity index (χ0) is 12.7. The molecular formula is C10H17N3O3S. The summed E-state index contributed by atoms with van der Waals surface area (Å²) in [6, 6.07) is -0.110. The Labute approximate surface area is 101 Å². The third-order valence-corrected chi connectivity index (χ3v) is 4.92. The maximum absolute atomic E-state index is 12.0. The number of aromatic nitrogens is 2. The van der Waals surface area contributed by atoms with Gasteiger partial charge in [-0.25, -0.2) is 18.1 Å². The highest BCUT2D eigenvalue weighted by atomic mass is 32.2. The van der Waals surface area contributed by atoms with E-state index in [9.17, 15) is 8.42 Å². The number of sulfonamides is 1. The van der Waals surface area contributed by atoms with E-state index in [0.29, 0.717) is 6.42 Å². The Morgan fingerprint density at radius 1 is 1.59 bits per heavy atom. The molecule has 2 rings (SSSR count). The summed E-state index contributed by atoms with van der Waals surface area (Å²) in [5.74, 6) is 0. The minimum absolute atomic E-state index is 0.0918. The zero-order valence-electron chi connectivity index (χ0n) is 10.1. The number of nitrogens with one attached hydrogen (secondary N) is 2. The summed E-state index contributed by atoms with van der Waals surface area (Å²) >= 11 is 0. The van der Waals surface area contributed by atoms with Gasteiger partial charge in [0, 0.05) is 18.6 Å².